The molecule has 2 bridgehead atoms. The van der Waals surface area contributed by atoms with E-state index >= 15 is 0 Å². The standard InChI is InChI=1S/C21H20F2N6O/c1-21-9-15(22)16(26-21)6-12(20(21)23)7-19-25-10-17(27-28-19)14-3-2-13(8-18(14)30)29-5-4-24-11-29/h2-5,7-8,10-11,15-16,20,26,30H,6,9H2,1H3/b12-7+/t15-,16?,20+,21+/m1/s1. The van der Waals surface area contributed by atoms with Gasteiger partial charge >= 0.3 is 0 Å². The van der Waals surface area contributed by atoms with Gasteiger partial charge in [0, 0.05) is 36.5 Å². The second-order valence-corrected chi connectivity index (χ2v) is 8.05. The van der Waals surface area contributed by atoms with E-state index in [4.69, 9.17) is 0 Å². The number of phenols is 1. The van der Waals surface area contributed by atoms with Crippen molar-refractivity contribution in [1.29, 1.82) is 0 Å². The molecule has 7 nitrogen and oxygen atoms in total. The van der Waals surface area contributed by atoms with Crippen LogP contribution in [0.4, 0.5) is 8.78 Å². The van der Waals surface area contributed by atoms with Gasteiger partial charge in [-0.1, -0.05) is 0 Å². The van der Waals surface area contributed by atoms with Gasteiger partial charge in [-0.3, -0.25) is 0 Å². The lowest BCUT2D eigenvalue weighted by molar-refractivity contribution is 0.186. The summed E-state index contributed by atoms with van der Waals surface area (Å²) in [5.41, 5.74) is 1.21. The van der Waals surface area contributed by atoms with E-state index in [1.807, 2.05) is 6.07 Å². The van der Waals surface area contributed by atoms with Gasteiger partial charge < -0.3 is 15.0 Å². The molecule has 9 heteroatoms. The molecule has 2 saturated heterocycles. The molecule has 0 spiro atoms. The summed E-state index contributed by atoms with van der Waals surface area (Å²) < 4.78 is 30.8. The number of hydrogen-bond donors (Lipinski definition) is 2. The minimum Gasteiger partial charge on any atom is -0.507 e. The Morgan fingerprint density at radius 1 is 1.30 bits per heavy atom. The van der Waals surface area contributed by atoms with Gasteiger partial charge in [-0.05, 0) is 37.1 Å². The molecule has 0 aliphatic carbocycles. The van der Waals surface area contributed by atoms with Crippen LogP contribution in [-0.2, 0) is 0 Å². The van der Waals surface area contributed by atoms with Gasteiger partial charge in [-0.2, -0.15) is 0 Å². The number of hydrogen-bond acceptors (Lipinski definition) is 6. The predicted octanol–water partition coefficient (Wildman–Crippen LogP) is 3.01. The Balaban J connectivity index is 1.39. The second kappa shape index (κ2) is 6.94. The van der Waals surface area contributed by atoms with Crippen molar-refractivity contribution >= 4 is 6.08 Å². The zero-order chi connectivity index (χ0) is 20.9. The summed E-state index contributed by atoms with van der Waals surface area (Å²) in [5.74, 6) is 0.287. The maximum absolute atomic E-state index is 14.9. The van der Waals surface area contributed by atoms with Crippen LogP contribution < -0.4 is 5.32 Å². The second-order valence-electron chi connectivity index (χ2n) is 8.05. The largest absolute Gasteiger partial charge is 0.507 e. The normalized spacial score (nSPS) is 29.4. The lowest BCUT2D eigenvalue weighted by atomic mass is 9.86. The molecule has 1 aromatic carbocycles. The van der Waals surface area contributed by atoms with Crippen LogP contribution in [0.15, 0.2) is 48.7 Å². The number of halogens is 2. The van der Waals surface area contributed by atoms with Crippen LogP contribution in [0.25, 0.3) is 23.0 Å². The molecule has 2 aliphatic rings. The van der Waals surface area contributed by atoms with Crippen molar-refractivity contribution in [1.82, 2.24) is 30.0 Å². The Labute approximate surface area is 171 Å². The molecule has 2 aliphatic heterocycles. The summed E-state index contributed by atoms with van der Waals surface area (Å²) in [6, 6.07) is 4.76. The Morgan fingerprint density at radius 3 is 2.87 bits per heavy atom. The number of nitrogens with zero attached hydrogens (tertiary/aromatic N) is 5. The maximum Gasteiger partial charge on any atom is 0.174 e. The molecule has 0 radical (unpaired) electrons. The quantitative estimate of drug-likeness (QED) is 0.690. The third kappa shape index (κ3) is 3.15. The molecule has 4 heterocycles. The van der Waals surface area contributed by atoms with Crippen molar-refractivity contribution in [3.8, 4) is 22.7 Å². The molecule has 154 valence electrons. The predicted molar refractivity (Wildman–Crippen MR) is 106 cm³/mol. The number of fused-ring (bicyclic) bond motifs is 2. The van der Waals surface area contributed by atoms with Crippen LogP contribution in [0, 0.1) is 0 Å². The van der Waals surface area contributed by atoms with Crippen LogP contribution in [0.2, 0.25) is 0 Å². The smallest absolute Gasteiger partial charge is 0.174 e. The molecule has 1 unspecified atom stereocenters. The van der Waals surface area contributed by atoms with Crippen molar-refractivity contribution in [3.63, 3.8) is 0 Å². The first-order chi connectivity index (χ1) is 14.4. The van der Waals surface area contributed by atoms with Gasteiger partial charge in [-0.15, -0.1) is 10.2 Å². The molecule has 0 saturated carbocycles. The number of aromatic hydroxyl groups is 1. The Hall–Kier alpha value is -3.20. The highest BCUT2D eigenvalue weighted by atomic mass is 19.1. The Morgan fingerprint density at radius 2 is 2.17 bits per heavy atom. The summed E-state index contributed by atoms with van der Waals surface area (Å²) >= 11 is 0. The summed E-state index contributed by atoms with van der Waals surface area (Å²) in [6.07, 6.45) is 6.15. The van der Waals surface area contributed by atoms with E-state index in [1.54, 1.807) is 48.4 Å². The number of aromatic nitrogens is 5. The average Bonchev–Trinajstić information content (AvgIpc) is 3.34. The lowest BCUT2D eigenvalue weighted by Gasteiger charge is -2.35. The van der Waals surface area contributed by atoms with Gasteiger partial charge in [0.05, 0.1) is 23.8 Å². The molecule has 2 aromatic heterocycles. The van der Waals surface area contributed by atoms with Crippen LogP contribution in [0.3, 0.4) is 0 Å². The van der Waals surface area contributed by atoms with E-state index in [1.165, 1.54) is 6.20 Å². The highest BCUT2D eigenvalue weighted by Crippen LogP contribution is 2.42. The first kappa shape index (κ1) is 18.8. The molecular weight excluding hydrogens is 390 g/mol. The Kier molecular flexibility index (Phi) is 4.35. The molecule has 2 fully saturated rings. The van der Waals surface area contributed by atoms with Crippen molar-refractivity contribution in [2.45, 2.75) is 43.7 Å². The number of piperidine rings is 1. The third-order valence-electron chi connectivity index (χ3n) is 5.86. The van der Waals surface area contributed by atoms with Crippen LogP contribution in [0.1, 0.15) is 25.6 Å². The zero-order valence-electron chi connectivity index (χ0n) is 16.2. The fraction of sp³-hybridized carbons (Fsp3) is 0.333. The first-order valence-electron chi connectivity index (χ1n) is 9.71. The minimum atomic E-state index is -1.31. The maximum atomic E-state index is 14.9. The average molecular weight is 410 g/mol. The molecule has 0 amide bonds. The number of phenolic OH excluding ortho intramolecular Hbond substituents is 1. The summed E-state index contributed by atoms with van der Waals surface area (Å²) in [5, 5.41) is 21.6. The molecule has 30 heavy (non-hydrogen) atoms. The van der Waals surface area contributed by atoms with Crippen LogP contribution in [-0.4, -0.2) is 53.8 Å². The SMILES string of the molecule is C[C@]12C[C@@H](F)C(C/C(=C\c3ncc(-c4ccc(-n5ccnc5)cc4O)nn3)[C@@H]1F)N2. The molecule has 4 atom stereocenters. The number of alkyl halides is 2. The monoisotopic (exact) mass is 410 g/mol. The lowest BCUT2D eigenvalue weighted by Crippen LogP contribution is -2.53. The highest BCUT2D eigenvalue weighted by Gasteiger charge is 2.52. The molecule has 5 rings (SSSR count). The van der Waals surface area contributed by atoms with Gasteiger partial charge in [0.1, 0.15) is 23.8 Å². The summed E-state index contributed by atoms with van der Waals surface area (Å²) in [6.45, 7) is 1.70. The minimum absolute atomic E-state index is 0.0315. The van der Waals surface area contributed by atoms with Crippen LogP contribution >= 0.6 is 0 Å². The van der Waals surface area contributed by atoms with E-state index < -0.39 is 17.9 Å². The van der Waals surface area contributed by atoms with Gasteiger partial charge in [0.25, 0.3) is 0 Å². The number of benzene rings is 1. The number of rotatable bonds is 3. The van der Waals surface area contributed by atoms with Crippen molar-refractivity contribution in [2.75, 3.05) is 0 Å². The van der Waals surface area contributed by atoms with Gasteiger partial charge in [0.15, 0.2) is 5.82 Å². The van der Waals surface area contributed by atoms with E-state index in [0.29, 0.717) is 16.8 Å². The van der Waals surface area contributed by atoms with Crippen LogP contribution in [0.5, 0.6) is 5.75 Å². The third-order valence-corrected chi connectivity index (χ3v) is 5.86. The van der Waals surface area contributed by atoms with Gasteiger partial charge in [0.2, 0.25) is 0 Å². The summed E-state index contributed by atoms with van der Waals surface area (Å²) in [7, 11) is 0. The Bertz CT molecular complexity index is 1100. The van der Waals surface area contributed by atoms with Crippen molar-refractivity contribution < 1.29 is 13.9 Å². The summed E-state index contributed by atoms with van der Waals surface area (Å²) in [4.78, 5) is 8.24. The fourth-order valence-corrected chi connectivity index (χ4v) is 4.32. The number of nitrogens with one attached hydrogen (secondary N) is 1. The van der Waals surface area contributed by atoms with Crippen molar-refractivity contribution in [2.24, 2.45) is 0 Å². The first-order valence-corrected chi connectivity index (χ1v) is 9.71. The number of imidazole rings is 1. The van der Waals surface area contributed by atoms with E-state index in [0.717, 1.165) is 5.69 Å². The fourth-order valence-electron chi connectivity index (χ4n) is 4.32. The highest BCUT2D eigenvalue weighted by molar-refractivity contribution is 5.68. The zero-order valence-corrected chi connectivity index (χ0v) is 16.2. The van der Waals surface area contributed by atoms with Crippen molar-refractivity contribution in [3.05, 3.63) is 54.5 Å². The van der Waals surface area contributed by atoms with Gasteiger partial charge in [-0.25, -0.2) is 18.7 Å². The molecular formula is C21H20F2N6O. The van der Waals surface area contributed by atoms with E-state index in [9.17, 15) is 13.9 Å². The van der Waals surface area contributed by atoms with E-state index in [-0.39, 0.29) is 30.5 Å². The molecule has 2 N–H and O–H groups in total. The topological polar surface area (TPSA) is 88.8 Å². The van der Waals surface area contributed by atoms with E-state index in [2.05, 4.69) is 25.5 Å². The molecule has 3 aromatic rings.